The van der Waals surface area contributed by atoms with E-state index < -0.39 is 0 Å². The van der Waals surface area contributed by atoms with E-state index in [1.165, 1.54) is 22.3 Å². The lowest BCUT2D eigenvalue weighted by molar-refractivity contribution is 0.287. The van der Waals surface area contributed by atoms with Crippen LogP contribution in [0.15, 0.2) is 48.0 Å². The Morgan fingerprint density at radius 3 is 2.52 bits per heavy atom. The lowest BCUT2D eigenvalue weighted by Gasteiger charge is -2.18. The van der Waals surface area contributed by atoms with Crippen LogP contribution in [0, 0.1) is 0 Å². The first-order valence-electron chi connectivity index (χ1n) is 8.33. The summed E-state index contributed by atoms with van der Waals surface area (Å²) in [6, 6.07) is 14.9. The minimum absolute atomic E-state index is 0.311. The molecule has 0 radical (unpaired) electrons. The number of ether oxygens (including phenoxy) is 2. The molecule has 1 atom stereocenters. The van der Waals surface area contributed by atoms with Crippen LogP contribution in [0.2, 0.25) is 0 Å². The monoisotopic (exact) mass is 308 g/mol. The van der Waals surface area contributed by atoms with Gasteiger partial charge in [0.1, 0.15) is 0 Å². The molecule has 1 aliphatic carbocycles. The van der Waals surface area contributed by atoms with Crippen LogP contribution in [0.25, 0.3) is 6.08 Å². The van der Waals surface area contributed by atoms with Crippen molar-refractivity contribution in [1.29, 1.82) is 0 Å². The fraction of sp³-hybridized carbons (Fsp3) is 0.333. The molecule has 3 rings (SSSR count). The summed E-state index contributed by atoms with van der Waals surface area (Å²) in [4.78, 5) is 0. The van der Waals surface area contributed by atoms with Crippen molar-refractivity contribution < 1.29 is 9.47 Å². The number of hydrogen-bond acceptors (Lipinski definition) is 2. The summed E-state index contributed by atoms with van der Waals surface area (Å²) in [5, 5.41) is 0. The smallest absolute Gasteiger partial charge is 0.168 e. The van der Waals surface area contributed by atoms with E-state index in [1.807, 2.05) is 6.07 Å². The molecule has 0 fully saturated rings. The number of fused-ring (bicyclic) bond motifs is 1. The molecule has 0 saturated carbocycles. The van der Waals surface area contributed by atoms with Gasteiger partial charge in [0.25, 0.3) is 0 Å². The molecule has 2 nitrogen and oxygen atoms in total. The highest BCUT2D eigenvalue weighted by atomic mass is 16.5. The topological polar surface area (TPSA) is 18.5 Å². The van der Waals surface area contributed by atoms with Gasteiger partial charge in [0.15, 0.2) is 11.5 Å². The first-order valence-corrected chi connectivity index (χ1v) is 8.33. The van der Waals surface area contributed by atoms with Crippen LogP contribution < -0.4 is 9.47 Å². The summed E-state index contributed by atoms with van der Waals surface area (Å²) >= 11 is 0. The molecule has 2 heteroatoms. The zero-order valence-electron chi connectivity index (χ0n) is 14.1. The zero-order valence-corrected chi connectivity index (χ0v) is 14.1. The number of methoxy groups -OCH3 is 1. The number of rotatable bonds is 6. The van der Waals surface area contributed by atoms with Gasteiger partial charge in [-0.15, -0.1) is 0 Å². The van der Waals surface area contributed by atoms with Gasteiger partial charge in [-0.25, -0.2) is 0 Å². The van der Waals surface area contributed by atoms with Crippen molar-refractivity contribution in [3.63, 3.8) is 0 Å². The fourth-order valence-corrected chi connectivity index (χ4v) is 3.27. The van der Waals surface area contributed by atoms with E-state index in [2.05, 4.69) is 56.3 Å². The molecular weight excluding hydrogens is 284 g/mol. The second kappa shape index (κ2) is 6.91. The maximum absolute atomic E-state index is 6.07. The summed E-state index contributed by atoms with van der Waals surface area (Å²) in [6.07, 6.45) is 4.42. The summed E-state index contributed by atoms with van der Waals surface area (Å²) in [6.45, 7) is 5.09. The van der Waals surface area contributed by atoms with E-state index in [0.29, 0.717) is 5.92 Å². The third kappa shape index (κ3) is 2.98. The quantitative estimate of drug-likeness (QED) is 0.663. The van der Waals surface area contributed by atoms with Crippen LogP contribution in [0.4, 0.5) is 0 Å². The number of benzene rings is 2. The lowest BCUT2D eigenvalue weighted by atomic mass is 9.89. The predicted molar refractivity (Wildman–Crippen MR) is 95.3 cm³/mol. The Morgan fingerprint density at radius 1 is 1.04 bits per heavy atom. The van der Waals surface area contributed by atoms with Gasteiger partial charge in [0, 0.05) is 11.5 Å². The first kappa shape index (κ1) is 15.7. The predicted octanol–water partition coefficient (Wildman–Crippen LogP) is 5.42. The summed E-state index contributed by atoms with van der Waals surface area (Å²) in [5.41, 5.74) is 5.15. The van der Waals surface area contributed by atoms with Crippen molar-refractivity contribution in [2.24, 2.45) is 0 Å². The molecule has 0 aromatic heterocycles. The van der Waals surface area contributed by atoms with Crippen molar-refractivity contribution in [2.45, 2.75) is 32.6 Å². The lowest BCUT2D eigenvalue weighted by Crippen LogP contribution is -2.03. The van der Waals surface area contributed by atoms with E-state index in [4.69, 9.17) is 9.47 Å². The Balaban J connectivity index is 2.03. The summed E-state index contributed by atoms with van der Waals surface area (Å²) < 4.78 is 11.6. The molecule has 0 N–H and O–H groups in total. The molecule has 23 heavy (non-hydrogen) atoms. The van der Waals surface area contributed by atoms with Gasteiger partial charge in [0.2, 0.25) is 0 Å². The number of hydrogen-bond donors (Lipinski definition) is 0. The van der Waals surface area contributed by atoms with Gasteiger partial charge >= 0.3 is 0 Å². The molecule has 0 heterocycles. The zero-order chi connectivity index (χ0) is 16.2. The third-order valence-corrected chi connectivity index (χ3v) is 4.43. The van der Waals surface area contributed by atoms with Gasteiger partial charge in [0.05, 0.1) is 13.7 Å². The molecule has 120 valence electrons. The van der Waals surface area contributed by atoms with Gasteiger partial charge in [-0.2, -0.15) is 0 Å². The Labute approximate surface area is 138 Å². The molecular formula is C21H24O2. The Kier molecular flexibility index (Phi) is 4.71. The van der Waals surface area contributed by atoms with E-state index >= 15 is 0 Å². The van der Waals surface area contributed by atoms with Gasteiger partial charge in [-0.3, -0.25) is 0 Å². The number of allylic oxidation sites excluding steroid dienone is 1. The Hall–Kier alpha value is -2.22. The van der Waals surface area contributed by atoms with Crippen LogP contribution in [0.1, 0.15) is 49.3 Å². The highest BCUT2D eigenvalue weighted by Crippen LogP contribution is 2.47. The first-order chi connectivity index (χ1) is 11.3. The van der Waals surface area contributed by atoms with Crippen molar-refractivity contribution in [1.82, 2.24) is 0 Å². The standard InChI is InChI=1S/C21H24O2/c1-4-5-13-23-21-18-14-15(2)20(16-9-7-6-8-10-16)17(18)11-12-19(21)22-3/h6-12,14,20H,4-5,13H2,1-3H3. The van der Waals surface area contributed by atoms with Crippen LogP contribution in [-0.4, -0.2) is 13.7 Å². The normalized spacial score (nSPS) is 16.0. The molecule has 0 saturated heterocycles. The van der Waals surface area contributed by atoms with E-state index in [0.717, 1.165) is 30.9 Å². The molecule has 0 aliphatic heterocycles. The average Bonchev–Trinajstić information content (AvgIpc) is 2.92. The van der Waals surface area contributed by atoms with Crippen molar-refractivity contribution in [2.75, 3.05) is 13.7 Å². The maximum Gasteiger partial charge on any atom is 0.168 e. The van der Waals surface area contributed by atoms with Gasteiger partial charge in [-0.1, -0.05) is 61.4 Å². The van der Waals surface area contributed by atoms with Crippen LogP contribution >= 0.6 is 0 Å². The van der Waals surface area contributed by atoms with E-state index in [1.54, 1.807) is 7.11 Å². The molecule has 2 aromatic carbocycles. The van der Waals surface area contributed by atoms with E-state index in [-0.39, 0.29) is 0 Å². The molecule has 0 amide bonds. The van der Waals surface area contributed by atoms with Crippen molar-refractivity contribution in [3.8, 4) is 11.5 Å². The Bertz CT molecular complexity index is 701. The Morgan fingerprint density at radius 2 is 1.83 bits per heavy atom. The van der Waals surface area contributed by atoms with Crippen LogP contribution in [-0.2, 0) is 0 Å². The second-order valence-electron chi connectivity index (χ2n) is 6.03. The minimum atomic E-state index is 0.311. The van der Waals surface area contributed by atoms with Gasteiger partial charge in [-0.05, 0) is 30.5 Å². The molecule has 2 aromatic rings. The summed E-state index contributed by atoms with van der Waals surface area (Å²) in [5.74, 6) is 2.01. The molecule has 0 bridgehead atoms. The minimum Gasteiger partial charge on any atom is -0.493 e. The SMILES string of the molecule is CCCCOc1c(OC)ccc2c1C=C(C)C2c1ccccc1. The van der Waals surface area contributed by atoms with Crippen LogP contribution in [0.3, 0.4) is 0 Å². The second-order valence-corrected chi connectivity index (χ2v) is 6.03. The van der Waals surface area contributed by atoms with Crippen molar-refractivity contribution >= 4 is 6.08 Å². The maximum atomic E-state index is 6.07. The average molecular weight is 308 g/mol. The van der Waals surface area contributed by atoms with Crippen LogP contribution in [0.5, 0.6) is 11.5 Å². The molecule has 1 aliphatic rings. The van der Waals surface area contributed by atoms with Gasteiger partial charge < -0.3 is 9.47 Å². The summed E-state index contributed by atoms with van der Waals surface area (Å²) in [7, 11) is 1.70. The number of unbranched alkanes of at least 4 members (excludes halogenated alkanes) is 1. The van der Waals surface area contributed by atoms with Crippen molar-refractivity contribution in [3.05, 3.63) is 64.7 Å². The third-order valence-electron chi connectivity index (χ3n) is 4.43. The fourth-order valence-electron chi connectivity index (χ4n) is 3.27. The molecule has 1 unspecified atom stereocenters. The largest absolute Gasteiger partial charge is 0.493 e. The van der Waals surface area contributed by atoms with E-state index in [9.17, 15) is 0 Å². The highest BCUT2D eigenvalue weighted by Gasteiger charge is 2.28. The molecule has 0 spiro atoms. The highest BCUT2D eigenvalue weighted by molar-refractivity contribution is 5.75.